The molecule has 0 spiro atoms. The van der Waals surface area contributed by atoms with Crippen molar-refractivity contribution >= 4 is 40.2 Å². The van der Waals surface area contributed by atoms with Gasteiger partial charge in [0, 0.05) is 40.4 Å². The fourth-order valence-electron chi connectivity index (χ4n) is 4.13. The van der Waals surface area contributed by atoms with Crippen LogP contribution in [0.3, 0.4) is 0 Å². The topological polar surface area (TPSA) is 70.7 Å². The number of carbonyl (C=O) groups is 2. The Morgan fingerprint density at radius 1 is 1.10 bits per heavy atom. The number of ketones is 1. The van der Waals surface area contributed by atoms with E-state index in [1.807, 2.05) is 36.4 Å². The Bertz CT molecular complexity index is 908. The van der Waals surface area contributed by atoms with Crippen LogP contribution in [0.25, 0.3) is 0 Å². The fourth-order valence-corrected chi connectivity index (χ4v) is 4.49. The number of halogens is 1. The molecule has 0 saturated carbocycles. The molecule has 0 aliphatic carbocycles. The van der Waals surface area contributed by atoms with Gasteiger partial charge in [0.1, 0.15) is 6.61 Å². The van der Waals surface area contributed by atoms with Crippen molar-refractivity contribution in [2.24, 2.45) is 5.92 Å². The molecule has 2 aromatic carbocycles. The van der Waals surface area contributed by atoms with Crippen molar-refractivity contribution < 1.29 is 14.3 Å². The van der Waals surface area contributed by atoms with Gasteiger partial charge in [-0.2, -0.15) is 0 Å². The molecular formula is C23H26IN3O3. The van der Waals surface area contributed by atoms with Crippen LogP contribution in [0, 0.1) is 9.49 Å². The lowest BCUT2D eigenvalue weighted by atomic mass is 9.89. The Labute approximate surface area is 190 Å². The number of likely N-dealkylation sites (tertiary alicyclic amines) is 1. The van der Waals surface area contributed by atoms with Crippen LogP contribution in [0.15, 0.2) is 42.5 Å². The number of Topliss-reactive ketones (excluding diaryl/α,β-unsaturated/α-hetero) is 1. The Hall–Kier alpha value is -1.97. The minimum atomic E-state index is -0.418. The number of carbonyl (C=O) groups excluding carboxylic acids is 2. The summed E-state index contributed by atoms with van der Waals surface area (Å²) in [4.78, 5) is 27.1. The summed E-state index contributed by atoms with van der Waals surface area (Å²) in [6, 6.07) is 13.7. The number of amides is 1. The second-order valence-electron chi connectivity index (χ2n) is 7.79. The lowest BCUT2D eigenvalue weighted by Crippen LogP contribution is -2.38. The smallest absolute Gasteiger partial charge is 0.411 e. The predicted octanol–water partition coefficient (Wildman–Crippen LogP) is 4.04. The summed E-state index contributed by atoms with van der Waals surface area (Å²) in [7, 11) is 0. The third kappa shape index (κ3) is 5.19. The molecule has 30 heavy (non-hydrogen) atoms. The molecule has 2 aliphatic heterocycles. The number of anilines is 1. The molecular weight excluding hydrogens is 493 g/mol. The van der Waals surface area contributed by atoms with Gasteiger partial charge in [-0.05, 0) is 77.8 Å². The number of benzene rings is 2. The molecule has 1 fully saturated rings. The van der Waals surface area contributed by atoms with E-state index in [0.717, 1.165) is 59.4 Å². The molecule has 1 amide bonds. The molecule has 2 aromatic rings. The van der Waals surface area contributed by atoms with Crippen molar-refractivity contribution in [1.82, 2.24) is 10.2 Å². The molecule has 0 aromatic heterocycles. The molecule has 2 heterocycles. The van der Waals surface area contributed by atoms with Gasteiger partial charge in [-0.25, -0.2) is 4.79 Å². The van der Waals surface area contributed by atoms with Crippen molar-refractivity contribution in [3.05, 3.63) is 62.7 Å². The summed E-state index contributed by atoms with van der Waals surface area (Å²) in [6.45, 7) is 4.33. The van der Waals surface area contributed by atoms with Gasteiger partial charge >= 0.3 is 6.09 Å². The van der Waals surface area contributed by atoms with E-state index in [2.05, 4.69) is 44.2 Å². The second-order valence-corrected chi connectivity index (χ2v) is 9.04. The molecule has 2 aliphatic rings. The van der Waals surface area contributed by atoms with Gasteiger partial charge in [0.05, 0.1) is 0 Å². The Kier molecular flexibility index (Phi) is 7.01. The zero-order chi connectivity index (χ0) is 20.9. The monoisotopic (exact) mass is 519 g/mol. The van der Waals surface area contributed by atoms with Crippen molar-refractivity contribution in [2.45, 2.75) is 25.9 Å². The number of fused-ring (bicyclic) bond motifs is 1. The zero-order valence-corrected chi connectivity index (χ0v) is 19.0. The van der Waals surface area contributed by atoms with Crippen LogP contribution in [0.2, 0.25) is 0 Å². The van der Waals surface area contributed by atoms with Gasteiger partial charge in [-0.1, -0.05) is 24.3 Å². The Morgan fingerprint density at radius 3 is 2.63 bits per heavy atom. The van der Waals surface area contributed by atoms with E-state index in [0.29, 0.717) is 13.2 Å². The van der Waals surface area contributed by atoms with Crippen LogP contribution >= 0.6 is 22.6 Å². The molecule has 6 nitrogen and oxygen atoms in total. The number of nitrogens with zero attached hydrogens (tertiary/aromatic N) is 1. The van der Waals surface area contributed by atoms with Crippen molar-refractivity contribution in [1.29, 1.82) is 0 Å². The molecule has 7 heteroatoms. The number of rotatable bonds is 6. The number of ether oxygens (including phenoxy) is 1. The van der Waals surface area contributed by atoms with E-state index in [4.69, 9.17) is 4.74 Å². The molecule has 1 saturated heterocycles. The number of piperidine rings is 1. The van der Waals surface area contributed by atoms with E-state index in [1.165, 1.54) is 5.56 Å². The zero-order valence-electron chi connectivity index (χ0n) is 16.8. The minimum Gasteiger partial charge on any atom is -0.448 e. The van der Waals surface area contributed by atoms with Crippen LogP contribution in [0.1, 0.15) is 34.3 Å². The maximum absolute atomic E-state index is 12.7. The molecule has 0 atom stereocenters. The summed E-state index contributed by atoms with van der Waals surface area (Å²) in [5, 5.41) is 6.15. The summed E-state index contributed by atoms with van der Waals surface area (Å²) in [6.07, 6.45) is 1.28. The summed E-state index contributed by atoms with van der Waals surface area (Å²) < 4.78 is 6.52. The second kappa shape index (κ2) is 9.89. The van der Waals surface area contributed by atoms with Crippen LogP contribution < -0.4 is 10.6 Å². The molecule has 0 radical (unpaired) electrons. The lowest BCUT2D eigenvalue weighted by molar-refractivity contribution is 0.0813. The average molecular weight is 519 g/mol. The van der Waals surface area contributed by atoms with Crippen LogP contribution in [-0.4, -0.2) is 43.0 Å². The summed E-state index contributed by atoms with van der Waals surface area (Å²) >= 11 is 2.25. The molecule has 2 N–H and O–H groups in total. The highest BCUT2D eigenvalue weighted by Crippen LogP contribution is 2.24. The van der Waals surface area contributed by atoms with Gasteiger partial charge in [0.2, 0.25) is 0 Å². The van der Waals surface area contributed by atoms with E-state index in [9.17, 15) is 9.59 Å². The SMILES string of the molecule is O=C(Nc1cccc2c1CNC2)OCCN1CCC(C(=O)c2ccc(I)cc2)CC1. The summed E-state index contributed by atoms with van der Waals surface area (Å²) in [5.41, 5.74) is 3.97. The molecule has 158 valence electrons. The third-order valence-electron chi connectivity index (χ3n) is 5.85. The van der Waals surface area contributed by atoms with Gasteiger partial charge in [-0.15, -0.1) is 0 Å². The van der Waals surface area contributed by atoms with Crippen LogP contribution in [0.5, 0.6) is 0 Å². The normalized spacial score (nSPS) is 16.8. The molecule has 4 rings (SSSR count). The minimum absolute atomic E-state index is 0.0827. The van der Waals surface area contributed by atoms with Crippen molar-refractivity contribution in [2.75, 3.05) is 31.6 Å². The van der Waals surface area contributed by atoms with E-state index >= 15 is 0 Å². The fraction of sp³-hybridized carbons (Fsp3) is 0.391. The van der Waals surface area contributed by atoms with Gasteiger partial charge in [0.25, 0.3) is 0 Å². The standard InChI is InChI=1S/C23H26IN3O3/c24-19-6-4-16(5-7-19)22(28)17-8-10-27(11-9-17)12-13-30-23(29)26-21-3-1-2-18-14-25-15-20(18)21/h1-7,17,25H,8-15H2,(H,26,29). The highest BCUT2D eigenvalue weighted by molar-refractivity contribution is 14.1. The quantitative estimate of drug-likeness (QED) is 0.446. The lowest BCUT2D eigenvalue weighted by Gasteiger charge is -2.31. The van der Waals surface area contributed by atoms with E-state index in [-0.39, 0.29) is 11.7 Å². The first kappa shape index (κ1) is 21.3. The van der Waals surface area contributed by atoms with Crippen molar-refractivity contribution in [3.8, 4) is 0 Å². The Balaban J connectivity index is 1.18. The van der Waals surface area contributed by atoms with Gasteiger partial charge in [0.15, 0.2) is 5.78 Å². The Morgan fingerprint density at radius 2 is 1.87 bits per heavy atom. The largest absolute Gasteiger partial charge is 0.448 e. The maximum Gasteiger partial charge on any atom is 0.411 e. The van der Waals surface area contributed by atoms with Gasteiger partial charge < -0.3 is 10.1 Å². The predicted molar refractivity (Wildman–Crippen MR) is 125 cm³/mol. The maximum atomic E-state index is 12.7. The molecule has 0 unspecified atom stereocenters. The molecule has 0 bridgehead atoms. The van der Waals surface area contributed by atoms with Crippen molar-refractivity contribution in [3.63, 3.8) is 0 Å². The van der Waals surface area contributed by atoms with E-state index in [1.54, 1.807) is 0 Å². The number of nitrogens with one attached hydrogen (secondary N) is 2. The average Bonchev–Trinajstić information content (AvgIpc) is 3.24. The highest BCUT2D eigenvalue weighted by Gasteiger charge is 2.25. The first-order valence-corrected chi connectivity index (χ1v) is 11.5. The number of hydrogen-bond acceptors (Lipinski definition) is 5. The first-order chi connectivity index (χ1) is 14.6. The van der Waals surface area contributed by atoms with Crippen LogP contribution in [-0.2, 0) is 17.8 Å². The highest BCUT2D eigenvalue weighted by atomic mass is 127. The third-order valence-corrected chi connectivity index (χ3v) is 6.57. The van der Waals surface area contributed by atoms with Gasteiger partial charge in [-0.3, -0.25) is 15.0 Å². The summed E-state index contributed by atoms with van der Waals surface area (Å²) in [5.74, 6) is 0.325. The number of hydrogen-bond donors (Lipinski definition) is 2. The first-order valence-electron chi connectivity index (χ1n) is 10.4. The van der Waals surface area contributed by atoms with Crippen LogP contribution in [0.4, 0.5) is 10.5 Å². The van der Waals surface area contributed by atoms with E-state index < -0.39 is 6.09 Å².